The number of benzene rings is 1. The Bertz CT molecular complexity index is 546. The van der Waals surface area contributed by atoms with E-state index in [2.05, 4.69) is 10.9 Å². The summed E-state index contributed by atoms with van der Waals surface area (Å²) in [6.45, 7) is 2.03. The van der Waals surface area contributed by atoms with E-state index in [-0.39, 0.29) is 17.9 Å². The summed E-state index contributed by atoms with van der Waals surface area (Å²) in [5.41, 5.74) is 6.59. The molecule has 1 aromatic rings. The molecule has 6 heteroatoms. The largest absolute Gasteiger partial charge is 0.612 e. The Morgan fingerprint density at radius 2 is 2.24 bits per heavy atom. The first-order chi connectivity index (χ1) is 10.0. The summed E-state index contributed by atoms with van der Waals surface area (Å²) in [5, 5.41) is 0. The number of amides is 1. The molecule has 1 amide bonds. The molecule has 1 aliphatic heterocycles. The molecule has 1 saturated heterocycles. The highest BCUT2D eigenvalue weighted by Gasteiger charge is 2.23. The molecule has 3 atom stereocenters. The van der Waals surface area contributed by atoms with Gasteiger partial charge < -0.3 is 9.29 Å². The van der Waals surface area contributed by atoms with Crippen LogP contribution in [0.1, 0.15) is 18.9 Å². The van der Waals surface area contributed by atoms with Gasteiger partial charge in [-0.15, -0.1) is 0 Å². The van der Waals surface area contributed by atoms with E-state index in [9.17, 15) is 9.35 Å². The Morgan fingerprint density at radius 1 is 1.48 bits per heavy atom. The van der Waals surface area contributed by atoms with E-state index >= 15 is 0 Å². The summed E-state index contributed by atoms with van der Waals surface area (Å²) >= 11 is -1.08. The first-order valence-electron chi connectivity index (χ1n) is 6.75. The minimum Gasteiger partial charge on any atom is -0.612 e. The van der Waals surface area contributed by atoms with Crippen molar-refractivity contribution in [1.82, 2.24) is 10.9 Å². The molecule has 1 fully saturated rings. The van der Waals surface area contributed by atoms with Gasteiger partial charge in [-0.05, 0) is 40.9 Å². The monoisotopic (exact) mass is 308 g/mol. The molecule has 0 radical (unpaired) electrons. The number of nitrogens with one attached hydrogen (secondary N) is 2. The number of ether oxygens (including phenoxy) is 1. The van der Waals surface area contributed by atoms with E-state index in [1.807, 2.05) is 37.3 Å². The molecule has 21 heavy (non-hydrogen) atoms. The Balaban J connectivity index is 2.12. The van der Waals surface area contributed by atoms with Crippen molar-refractivity contribution < 1.29 is 14.1 Å². The normalized spacial score (nSPS) is 23.9. The van der Waals surface area contributed by atoms with Crippen LogP contribution in [0.2, 0.25) is 0 Å². The third-order valence-electron chi connectivity index (χ3n) is 3.49. The van der Waals surface area contributed by atoms with Crippen molar-refractivity contribution in [2.75, 3.05) is 13.4 Å². The molecule has 1 aromatic carbocycles. The Kier molecular flexibility index (Phi) is 5.27. The van der Waals surface area contributed by atoms with E-state index < -0.39 is 11.2 Å². The molecular formula is C15H20N2O3S. The maximum absolute atomic E-state index is 11.6. The number of carbonyl (C=O) groups excluding carboxylic acids is 1. The molecule has 0 saturated carbocycles. The van der Waals surface area contributed by atoms with Crippen molar-refractivity contribution in [2.24, 2.45) is 5.92 Å². The molecule has 0 aromatic heterocycles. The number of hydrazine groups is 1. The van der Waals surface area contributed by atoms with Gasteiger partial charge in [-0.3, -0.25) is 10.2 Å². The Morgan fingerprint density at radius 3 is 2.86 bits per heavy atom. The first-order valence-corrected chi connectivity index (χ1v) is 8.31. The van der Waals surface area contributed by atoms with E-state index in [1.54, 1.807) is 13.4 Å². The summed E-state index contributed by atoms with van der Waals surface area (Å²) in [7, 11) is 1.57. The van der Waals surface area contributed by atoms with Crippen LogP contribution < -0.4 is 15.6 Å². The summed E-state index contributed by atoms with van der Waals surface area (Å²) < 4.78 is 16.9. The molecule has 1 aliphatic rings. The zero-order valence-corrected chi connectivity index (χ0v) is 13.2. The van der Waals surface area contributed by atoms with Crippen LogP contribution in [0, 0.1) is 5.92 Å². The second-order valence-electron chi connectivity index (χ2n) is 5.12. The predicted molar refractivity (Wildman–Crippen MR) is 83.2 cm³/mol. The SMILES string of the molecule is COc1cc(/C=C/C2NNC(=O)CC2C)ccc1[S+](C)[O-]. The van der Waals surface area contributed by atoms with Gasteiger partial charge in [0.15, 0.2) is 10.6 Å². The van der Waals surface area contributed by atoms with Crippen LogP contribution in [0.25, 0.3) is 6.08 Å². The van der Waals surface area contributed by atoms with E-state index in [4.69, 9.17) is 4.74 Å². The van der Waals surface area contributed by atoms with Gasteiger partial charge in [-0.25, -0.2) is 5.43 Å². The lowest BCUT2D eigenvalue weighted by Crippen LogP contribution is -2.52. The zero-order valence-electron chi connectivity index (χ0n) is 12.4. The van der Waals surface area contributed by atoms with Gasteiger partial charge in [-0.2, -0.15) is 0 Å². The Hall–Kier alpha value is -1.50. The number of carbonyl (C=O) groups is 1. The fraction of sp³-hybridized carbons (Fsp3) is 0.400. The summed E-state index contributed by atoms with van der Waals surface area (Å²) in [4.78, 5) is 11.9. The lowest BCUT2D eigenvalue weighted by molar-refractivity contribution is -0.125. The van der Waals surface area contributed by atoms with Crippen LogP contribution in [0.3, 0.4) is 0 Å². The summed E-state index contributed by atoms with van der Waals surface area (Å²) in [5.74, 6) is 0.874. The second kappa shape index (κ2) is 6.98. The van der Waals surface area contributed by atoms with Gasteiger partial charge in [0, 0.05) is 12.5 Å². The van der Waals surface area contributed by atoms with Crippen LogP contribution in [0.15, 0.2) is 29.2 Å². The highest BCUT2D eigenvalue weighted by molar-refractivity contribution is 7.90. The molecule has 2 N–H and O–H groups in total. The second-order valence-corrected chi connectivity index (χ2v) is 6.47. The van der Waals surface area contributed by atoms with Crippen LogP contribution >= 0.6 is 0 Å². The zero-order chi connectivity index (χ0) is 15.4. The minimum absolute atomic E-state index is 0.0172. The molecule has 0 bridgehead atoms. The molecule has 1 heterocycles. The number of rotatable bonds is 4. The van der Waals surface area contributed by atoms with Gasteiger partial charge in [0.05, 0.1) is 7.11 Å². The van der Waals surface area contributed by atoms with Crippen molar-refractivity contribution in [3.63, 3.8) is 0 Å². The van der Waals surface area contributed by atoms with Gasteiger partial charge in [-0.1, -0.05) is 19.1 Å². The van der Waals surface area contributed by atoms with Crippen LogP contribution in [-0.4, -0.2) is 29.9 Å². The lowest BCUT2D eigenvalue weighted by Gasteiger charge is -2.27. The molecule has 114 valence electrons. The summed E-state index contributed by atoms with van der Waals surface area (Å²) in [6, 6.07) is 5.67. The molecule has 0 aliphatic carbocycles. The van der Waals surface area contributed by atoms with Crippen molar-refractivity contribution in [3.8, 4) is 5.75 Å². The highest BCUT2D eigenvalue weighted by Crippen LogP contribution is 2.25. The number of hydrogen-bond acceptors (Lipinski definition) is 4. The van der Waals surface area contributed by atoms with E-state index in [0.29, 0.717) is 17.1 Å². The fourth-order valence-corrected chi connectivity index (χ4v) is 2.94. The van der Waals surface area contributed by atoms with Crippen molar-refractivity contribution >= 4 is 23.2 Å². The smallest absolute Gasteiger partial charge is 0.234 e. The highest BCUT2D eigenvalue weighted by atomic mass is 32.2. The third kappa shape index (κ3) is 4.00. The average molecular weight is 308 g/mol. The lowest BCUT2D eigenvalue weighted by atomic mass is 9.96. The van der Waals surface area contributed by atoms with Crippen molar-refractivity contribution in [1.29, 1.82) is 0 Å². The number of hydrogen-bond donors (Lipinski definition) is 2. The van der Waals surface area contributed by atoms with E-state index in [0.717, 1.165) is 5.56 Å². The van der Waals surface area contributed by atoms with Gasteiger partial charge in [0.2, 0.25) is 5.91 Å². The van der Waals surface area contributed by atoms with Crippen LogP contribution in [0.5, 0.6) is 5.75 Å². The minimum atomic E-state index is -1.08. The predicted octanol–water partition coefficient (Wildman–Crippen LogP) is 1.47. The quantitative estimate of drug-likeness (QED) is 0.826. The summed E-state index contributed by atoms with van der Waals surface area (Å²) in [6.07, 6.45) is 6.13. The molecule has 5 nitrogen and oxygen atoms in total. The van der Waals surface area contributed by atoms with Crippen LogP contribution in [-0.2, 0) is 16.0 Å². The fourth-order valence-electron chi connectivity index (χ4n) is 2.25. The van der Waals surface area contributed by atoms with Crippen molar-refractivity contribution in [3.05, 3.63) is 29.8 Å². The molecule has 3 unspecified atom stereocenters. The number of methoxy groups -OCH3 is 1. The van der Waals surface area contributed by atoms with Crippen molar-refractivity contribution in [2.45, 2.75) is 24.3 Å². The maximum Gasteiger partial charge on any atom is 0.234 e. The molecule has 0 spiro atoms. The standard InChI is InChI=1S/C15H20N2O3S/c1-10-8-15(18)17-16-12(10)6-4-11-5-7-14(21(3)19)13(9-11)20-2/h4-7,9-10,12,16H,8H2,1-3H3,(H,17,18)/b6-4+. The first kappa shape index (κ1) is 15.9. The van der Waals surface area contributed by atoms with Gasteiger partial charge in [0.1, 0.15) is 6.26 Å². The van der Waals surface area contributed by atoms with E-state index in [1.165, 1.54) is 0 Å². The average Bonchev–Trinajstić information content (AvgIpc) is 2.45. The molecule has 2 rings (SSSR count). The third-order valence-corrected chi connectivity index (χ3v) is 4.45. The topological polar surface area (TPSA) is 73.4 Å². The Labute approximate surface area is 127 Å². The molecular weight excluding hydrogens is 288 g/mol. The maximum atomic E-state index is 11.6. The van der Waals surface area contributed by atoms with Crippen LogP contribution in [0.4, 0.5) is 0 Å². The van der Waals surface area contributed by atoms with Gasteiger partial charge in [0.25, 0.3) is 0 Å². The van der Waals surface area contributed by atoms with Gasteiger partial charge >= 0.3 is 0 Å².